The number of carbonyl (C=O) groups excluding carboxylic acids is 1. The molecule has 1 aromatic rings. The molecule has 100 valence electrons. The van der Waals surface area contributed by atoms with Crippen LogP contribution in [-0.2, 0) is 9.05 Å². The van der Waals surface area contributed by atoms with Crippen molar-refractivity contribution in [3.8, 4) is 11.5 Å². The molecular formula is C10H12ClNO5S. The molecule has 0 radical (unpaired) electrons. The smallest absolute Gasteiger partial charge is 0.265 e. The van der Waals surface area contributed by atoms with Crippen molar-refractivity contribution in [1.29, 1.82) is 0 Å². The minimum atomic E-state index is -4.02. The van der Waals surface area contributed by atoms with Crippen LogP contribution >= 0.6 is 10.7 Å². The minimum Gasteiger partial charge on any atom is -0.496 e. The molecule has 8 heteroatoms. The molecule has 1 rings (SSSR count). The second-order valence-electron chi connectivity index (χ2n) is 3.19. The summed E-state index contributed by atoms with van der Waals surface area (Å²) >= 11 is 0. The van der Waals surface area contributed by atoms with E-state index in [1.54, 1.807) is 0 Å². The van der Waals surface area contributed by atoms with E-state index in [0.717, 1.165) is 0 Å². The number of ether oxygens (including phenoxy) is 2. The van der Waals surface area contributed by atoms with Gasteiger partial charge in [0, 0.05) is 17.7 Å². The number of methoxy groups -OCH3 is 2. The van der Waals surface area contributed by atoms with E-state index in [-0.39, 0.29) is 22.0 Å². The average Bonchev–Trinajstić information content (AvgIpc) is 2.34. The molecule has 18 heavy (non-hydrogen) atoms. The zero-order chi connectivity index (χ0) is 13.9. The van der Waals surface area contributed by atoms with Crippen molar-refractivity contribution < 1.29 is 22.7 Å². The molecule has 0 heterocycles. The Morgan fingerprint density at radius 1 is 1.28 bits per heavy atom. The highest BCUT2D eigenvalue weighted by Crippen LogP contribution is 2.36. The van der Waals surface area contributed by atoms with Gasteiger partial charge in [0.15, 0.2) is 5.75 Å². The lowest BCUT2D eigenvalue weighted by Crippen LogP contribution is -2.20. The molecule has 1 aromatic carbocycles. The van der Waals surface area contributed by atoms with Crippen LogP contribution in [0, 0.1) is 0 Å². The number of hydrogen-bond donors (Lipinski definition) is 1. The van der Waals surface area contributed by atoms with Gasteiger partial charge in [0.1, 0.15) is 16.2 Å². The number of amides is 1. The van der Waals surface area contributed by atoms with Crippen LogP contribution in [0.3, 0.4) is 0 Å². The van der Waals surface area contributed by atoms with Crippen molar-refractivity contribution in [3.05, 3.63) is 17.7 Å². The van der Waals surface area contributed by atoms with Crippen molar-refractivity contribution in [2.24, 2.45) is 0 Å². The van der Waals surface area contributed by atoms with E-state index in [1.165, 1.54) is 33.4 Å². The Balaban J connectivity index is 3.68. The summed E-state index contributed by atoms with van der Waals surface area (Å²) in [5, 5.41) is 2.37. The lowest BCUT2D eigenvalue weighted by Gasteiger charge is -2.14. The average molecular weight is 294 g/mol. The first kappa shape index (κ1) is 14.6. The molecule has 1 amide bonds. The molecule has 0 aliphatic carbocycles. The Kier molecular flexibility index (Phi) is 4.42. The highest BCUT2D eigenvalue weighted by molar-refractivity contribution is 8.13. The lowest BCUT2D eigenvalue weighted by atomic mass is 10.1. The van der Waals surface area contributed by atoms with Crippen LogP contribution in [0.1, 0.15) is 10.4 Å². The number of hydrogen-bond acceptors (Lipinski definition) is 5. The highest BCUT2D eigenvalue weighted by atomic mass is 35.7. The van der Waals surface area contributed by atoms with Crippen molar-refractivity contribution in [3.63, 3.8) is 0 Å². The van der Waals surface area contributed by atoms with Crippen LogP contribution in [0.4, 0.5) is 0 Å². The Hall–Kier alpha value is -1.47. The third-order valence-corrected chi connectivity index (χ3v) is 3.57. The fourth-order valence-electron chi connectivity index (χ4n) is 1.45. The third-order valence-electron chi connectivity index (χ3n) is 2.22. The molecular weight excluding hydrogens is 282 g/mol. The molecule has 0 saturated heterocycles. The SMILES string of the molecule is CNC(=O)c1c(OC)ccc(S(=O)(=O)Cl)c1OC. The quantitative estimate of drug-likeness (QED) is 0.837. The molecule has 0 unspecified atom stereocenters. The van der Waals surface area contributed by atoms with Crippen LogP contribution in [0.5, 0.6) is 11.5 Å². The maximum absolute atomic E-state index is 11.7. The van der Waals surface area contributed by atoms with Gasteiger partial charge in [-0.25, -0.2) is 8.42 Å². The van der Waals surface area contributed by atoms with Gasteiger partial charge in [-0.3, -0.25) is 4.79 Å². The maximum Gasteiger partial charge on any atom is 0.265 e. The number of halogens is 1. The van der Waals surface area contributed by atoms with E-state index in [4.69, 9.17) is 20.2 Å². The molecule has 0 bridgehead atoms. The predicted octanol–water partition coefficient (Wildman–Crippen LogP) is 0.991. The van der Waals surface area contributed by atoms with Crippen LogP contribution in [0.2, 0.25) is 0 Å². The number of carbonyl (C=O) groups is 1. The van der Waals surface area contributed by atoms with Gasteiger partial charge in [-0.05, 0) is 12.1 Å². The van der Waals surface area contributed by atoms with Crippen molar-refractivity contribution in [1.82, 2.24) is 5.32 Å². The largest absolute Gasteiger partial charge is 0.496 e. The Bertz CT molecular complexity index is 570. The van der Waals surface area contributed by atoms with Gasteiger partial charge in [-0.2, -0.15) is 0 Å². The summed E-state index contributed by atoms with van der Waals surface area (Å²) in [4.78, 5) is 11.5. The van der Waals surface area contributed by atoms with E-state index in [9.17, 15) is 13.2 Å². The number of nitrogens with one attached hydrogen (secondary N) is 1. The van der Waals surface area contributed by atoms with Crippen LogP contribution in [0.25, 0.3) is 0 Å². The number of rotatable bonds is 4. The predicted molar refractivity (Wildman–Crippen MR) is 66.0 cm³/mol. The number of benzene rings is 1. The molecule has 0 aromatic heterocycles. The van der Waals surface area contributed by atoms with E-state index in [1.807, 2.05) is 0 Å². The van der Waals surface area contributed by atoms with Crippen LogP contribution in [0.15, 0.2) is 17.0 Å². The lowest BCUT2D eigenvalue weighted by molar-refractivity contribution is 0.0956. The Morgan fingerprint density at radius 3 is 2.28 bits per heavy atom. The zero-order valence-corrected chi connectivity index (χ0v) is 11.6. The normalized spacial score (nSPS) is 10.9. The van der Waals surface area contributed by atoms with Gasteiger partial charge in [0.25, 0.3) is 15.0 Å². The van der Waals surface area contributed by atoms with Gasteiger partial charge in [-0.15, -0.1) is 0 Å². The zero-order valence-electron chi connectivity index (χ0n) is 9.98. The molecule has 0 spiro atoms. The molecule has 0 atom stereocenters. The van der Waals surface area contributed by atoms with E-state index in [0.29, 0.717) is 0 Å². The highest BCUT2D eigenvalue weighted by Gasteiger charge is 2.26. The first-order valence-electron chi connectivity index (χ1n) is 4.78. The maximum atomic E-state index is 11.7. The molecule has 1 N–H and O–H groups in total. The second-order valence-corrected chi connectivity index (χ2v) is 5.73. The molecule has 0 fully saturated rings. The second kappa shape index (κ2) is 5.45. The summed E-state index contributed by atoms with van der Waals surface area (Å²) < 4.78 is 32.7. The molecule has 0 aliphatic rings. The van der Waals surface area contributed by atoms with Crippen LogP contribution in [-0.4, -0.2) is 35.6 Å². The summed E-state index contributed by atoms with van der Waals surface area (Å²) in [6.07, 6.45) is 0. The minimum absolute atomic E-state index is 0.0239. The summed E-state index contributed by atoms with van der Waals surface area (Å²) in [7, 11) is 5.26. The standard InChI is InChI=1S/C10H12ClNO5S/c1-12-10(13)8-6(16-2)4-5-7(9(8)17-3)18(11,14)15/h4-5H,1-3H3,(H,12,13). The summed E-state index contributed by atoms with van der Waals surface area (Å²) in [6, 6.07) is 2.55. The van der Waals surface area contributed by atoms with E-state index in [2.05, 4.69) is 5.32 Å². The fourth-order valence-corrected chi connectivity index (χ4v) is 2.45. The van der Waals surface area contributed by atoms with Crippen molar-refractivity contribution in [2.45, 2.75) is 4.90 Å². The topological polar surface area (TPSA) is 81.7 Å². The first-order chi connectivity index (χ1) is 8.36. The van der Waals surface area contributed by atoms with Gasteiger partial charge in [0.05, 0.1) is 14.2 Å². The van der Waals surface area contributed by atoms with E-state index < -0.39 is 15.0 Å². The van der Waals surface area contributed by atoms with E-state index >= 15 is 0 Å². The van der Waals surface area contributed by atoms with Crippen molar-refractivity contribution in [2.75, 3.05) is 21.3 Å². The van der Waals surface area contributed by atoms with Gasteiger partial charge in [-0.1, -0.05) is 0 Å². The van der Waals surface area contributed by atoms with Crippen LogP contribution < -0.4 is 14.8 Å². The Morgan fingerprint density at radius 2 is 1.89 bits per heavy atom. The van der Waals surface area contributed by atoms with Gasteiger partial charge >= 0.3 is 0 Å². The fraction of sp³-hybridized carbons (Fsp3) is 0.300. The van der Waals surface area contributed by atoms with Crippen molar-refractivity contribution >= 4 is 25.6 Å². The molecule has 6 nitrogen and oxygen atoms in total. The van der Waals surface area contributed by atoms with Gasteiger partial charge in [0.2, 0.25) is 0 Å². The monoisotopic (exact) mass is 293 g/mol. The summed E-state index contributed by atoms with van der Waals surface area (Å²) in [6.45, 7) is 0. The Labute approximate surface area is 109 Å². The van der Waals surface area contributed by atoms with Gasteiger partial charge < -0.3 is 14.8 Å². The third kappa shape index (κ3) is 2.68. The summed E-state index contributed by atoms with van der Waals surface area (Å²) in [5.41, 5.74) is -0.0239. The molecule has 0 aliphatic heterocycles. The summed E-state index contributed by atoms with van der Waals surface area (Å²) in [5.74, 6) is -0.496. The molecule has 0 saturated carbocycles. The first-order valence-corrected chi connectivity index (χ1v) is 7.09.